The van der Waals surface area contributed by atoms with Crippen molar-refractivity contribution in [1.82, 2.24) is 19.8 Å². The molecule has 4 rings (SSSR count). The zero-order valence-electron chi connectivity index (χ0n) is 17.9. The second kappa shape index (κ2) is 9.28. The van der Waals surface area contributed by atoms with Crippen LogP contribution in [-0.4, -0.2) is 60.8 Å². The number of anilines is 1. The SMILES string of the molecule is CN(C)CCCNc1nc(CN(C)Cc2cccc3c2OCO3)nc2ccccc12. The van der Waals surface area contributed by atoms with Crippen LogP contribution < -0.4 is 14.8 Å². The average Bonchev–Trinajstić information content (AvgIpc) is 3.21. The summed E-state index contributed by atoms with van der Waals surface area (Å²) in [5.74, 6) is 3.36. The summed E-state index contributed by atoms with van der Waals surface area (Å²) in [6, 6.07) is 14.2. The number of para-hydroxylation sites is 2. The highest BCUT2D eigenvalue weighted by Gasteiger charge is 2.18. The topological polar surface area (TPSA) is 62.8 Å². The fourth-order valence-electron chi connectivity index (χ4n) is 3.64. The highest BCUT2D eigenvalue weighted by molar-refractivity contribution is 5.88. The monoisotopic (exact) mass is 407 g/mol. The Kier molecular flexibility index (Phi) is 6.30. The van der Waals surface area contributed by atoms with Crippen LogP contribution in [0.15, 0.2) is 42.5 Å². The lowest BCUT2D eigenvalue weighted by Crippen LogP contribution is -2.20. The molecule has 7 nitrogen and oxygen atoms in total. The third-order valence-corrected chi connectivity index (χ3v) is 5.05. The molecule has 1 aromatic heterocycles. The number of rotatable bonds is 9. The van der Waals surface area contributed by atoms with Crippen LogP contribution in [0.3, 0.4) is 0 Å². The summed E-state index contributed by atoms with van der Waals surface area (Å²) in [7, 11) is 6.25. The Morgan fingerprint density at radius 1 is 0.967 bits per heavy atom. The molecule has 0 aliphatic carbocycles. The molecule has 0 saturated heterocycles. The lowest BCUT2D eigenvalue weighted by molar-refractivity contribution is 0.172. The normalized spacial score (nSPS) is 12.8. The minimum atomic E-state index is 0.284. The second-order valence-corrected chi connectivity index (χ2v) is 7.91. The third-order valence-electron chi connectivity index (χ3n) is 5.05. The van der Waals surface area contributed by atoms with Crippen molar-refractivity contribution >= 4 is 16.7 Å². The first-order valence-electron chi connectivity index (χ1n) is 10.3. The summed E-state index contributed by atoms with van der Waals surface area (Å²) < 4.78 is 11.1. The summed E-state index contributed by atoms with van der Waals surface area (Å²) in [6.07, 6.45) is 1.06. The quantitative estimate of drug-likeness (QED) is 0.546. The van der Waals surface area contributed by atoms with Crippen LogP contribution in [0, 0.1) is 0 Å². The van der Waals surface area contributed by atoms with E-state index in [1.807, 2.05) is 30.3 Å². The Hall–Kier alpha value is -2.90. The maximum absolute atomic E-state index is 5.64. The molecule has 1 aliphatic rings. The van der Waals surface area contributed by atoms with Gasteiger partial charge in [0.1, 0.15) is 11.6 Å². The van der Waals surface area contributed by atoms with Crippen molar-refractivity contribution in [3.05, 3.63) is 53.9 Å². The maximum atomic E-state index is 5.64. The van der Waals surface area contributed by atoms with E-state index >= 15 is 0 Å². The van der Waals surface area contributed by atoms with Crippen molar-refractivity contribution in [2.24, 2.45) is 0 Å². The van der Waals surface area contributed by atoms with E-state index in [4.69, 9.17) is 19.4 Å². The molecule has 0 fully saturated rings. The van der Waals surface area contributed by atoms with Gasteiger partial charge in [0.25, 0.3) is 0 Å². The summed E-state index contributed by atoms with van der Waals surface area (Å²) >= 11 is 0. The Morgan fingerprint density at radius 3 is 2.70 bits per heavy atom. The first kappa shape index (κ1) is 20.4. The Balaban J connectivity index is 1.48. The van der Waals surface area contributed by atoms with Gasteiger partial charge in [0.2, 0.25) is 6.79 Å². The van der Waals surface area contributed by atoms with Crippen LogP contribution in [0.2, 0.25) is 0 Å². The largest absolute Gasteiger partial charge is 0.454 e. The number of ether oxygens (including phenoxy) is 2. The van der Waals surface area contributed by atoms with Crippen molar-refractivity contribution < 1.29 is 9.47 Å². The lowest BCUT2D eigenvalue weighted by Gasteiger charge is -2.18. The number of hydrogen-bond acceptors (Lipinski definition) is 7. The van der Waals surface area contributed by atoms with Gasteiger partial charge in [-0.3, -0.25) is 4.90 Å². The fraction of sp³-hybridized carbons (Fsp3) is 0.391. The molecule has 0 saturated carbocycles. The van der Waals surface area contributed by atoms with Gasteiger partial charge in [-0.2, -0.15) is 0 Å². The molecule has 0 unspecified atom stereocenters. The summed E-state index contributed by atoms with van der Waals surface area (Å²) in [4.78, 5) is 14.0. The van der Waals surface area contributed by atoms with E-state index in [-0.39, 0.29) is 6.79 Å². The lowest BCUT2D eigenvalue weighted by atomic mass is 10.1. The number of aromatic nitrogens is 2. The molecule has 7 heteroatoms. The summed E-state index contributed by atoms with van der Waals surface area (Å²) in [5, 5.41) is 4.56. The van der Waals surface area contributed by atoms with Crippen molar-refractivity contribution in [3.8, 4) is 11.5 Å². The van der Waals surface area contributed by atoms with E-state index in [9.17, 15) is 0 Å². The summed E-state index contributed by atoms with van der Waals surface area (Å²) in [6.45, 7) is 3.57. The van der Waals surface area contributed by atoms with E-state index in [0.29, 0.717) is 6.54 Å². The van der Waals surface area contributed by atoms with Crippen molar-refractivity contribution in [2.45, 2.75) is 19.5 Å². The fourth-order valence-corrected chi connectivity index (χ4v) is 3.64. The molecule has 0 spiro atoms. The van der Waals surface area contributed by atoms with Crippen LogP contribution in [0.25, 0.3) is 10.9 Å². The Bertz CT molecular complexity index is 1010. The predicted molar refractivity (Wildman–Crippen MR) is 119 cm³/mol. The van der Waals surface area contributed by atoms with E-state index in [1.54, 1.807) is 0 Å². The van der Waals surface area contributed by atoms with Crippen molar-refractivity contribution in [3.63, 3.8) is 0 Å². The zero-order chi connectivity index (χ0) is 20.9. The first-order valence-corrected chi connectivity index (χ1v) is 10.3. The smallest absolute Gasteiger partial charge is 0.231 e. The van der Waals surface area contributed by atoms with Gasteiger partial charge in [-0.25, -0.2) is 9.97 Å². The molecule has 3 aromatic rings. The molecule has 0 radical (unpaired) electrons. The molecular formula is C23H29N5O2. The highest BCUT2D eigenvalue weighted by Crippen LogP contribution is 2.35. The number of benzene rings is 2. The van der Waals surface area contributed by atoms with Gasteiger partial charge in [-0.05, 0) is 52.3 Å². The van der Waals surface area contributed by atoms with Crippen LogP contribution in [0.1, 0.15) is 17.8 Å². The van der Waals surface area contributed by atoms with Gasteiger partial charge >= 0.3 is 0 Å². The molecule has 2 heterocycles. The van der Waals surface area contributed by atoms with Gasteiger partial charge in [-0.1, -0.05) is 24.3 Å². The number of nitrogens with one attached hydrogen (secondary N) is 1. The van der Waals surface area contributed by atoms with Crippen LogP contribution in [0.5, 0.6) is 11.5 Å². The van der Waals surface area contributed by atoms with Crippen LogP contribution in [-0.2, 0) is 13.1 Å². The van der Waals surface area contributed by atoms with E-state index in [0.717, 1.165) is 65.7 Å². The Labute approximate surface area is 177 Å². The standard InChI is InChI=1S/C23H29N5O2/c1-27(2)13-7-12-24-23-18-9-4-5-10-19(18)25-21(26-23)15-28(3)14-17-8-6-11-20-22(17)30-16-29-20/h4-6,8-11H,7,12-16H2,1-3H3,(H,24,25,26). The zero-order valence-corrected chi connectivity index (χ0v) is 17.9. The van der Waals surface area contributed by atoms with Crippen LogP contribution in [0.4, 0.5) is 5.82 Å². The minimum Gasteiger partial charge on any atom is -0.454 e. The average molecular weight is 408 g/mol. The third kappa shape index (κ3) is 4.80. The molecule has 0 amide bonds. The van der Waals surface area contributed by atoms with Crippen LogP contribution >= 0.6 is 0 Å². The van der Waals surface area contributed by atoms with Gasteiger partial charge < -0.3 is 19.7 Å². The summed E-state index contributed by atoms with van der Waals surface area (Å²) in [5.41, 5.74) is 2.07. The van der Waals surface area contributed by atoms with Gasteiger partial charge in [0.05, 0.1) is 12.1 Å². The second-order valence-electron chi connectivity index (χ2n) is 7.91. The molecule has 1 aliphatic heterocycles. The number of hydrogen-bond donors (Lipinski definition) is 1. The molecule has 158 valence electrons. The van der Waals surface area contributed by atoms with Crippen molar-refractivity contribution in [2.75, 3.05) is 46.3 Å². The minimum absolute atomic E-state index is 0.284. The molecule has 0 atom stereocenters. The molecule has 30 heavy (non-hydrogen) atoms. The molecular weight excluding hydrogens is 378 g/mol. The number of nitrogens with zero attached hydrogens (tertiary/aromatic N) is 4. The maximum Gasteiger partial charge on any atom is 0.231 e. The first-order chi connectivity index (χ1) is 14.6. The molecule has 2 aromatic carbocycles. The molecule has 0 bridgehead atoms. The number of fused-ring (bicyclic) bond motifs is 2. The van der Waals surface area contributed by atoms with Crippen molar-refractivity contribution in [1.29, 1.82) is 0 Å². The van der Waals surface area contributed by atoms with Gasteiger partial charge in [0, 0.05) is 24.0 Å². The van der Waals surface area contributed by atoms with E-state index < -0.39 is 0 Å². The highest BCUT2D eigenvalue weighted by atomic mass is 16.7. The van der Waals surface area contributed by atoms with Gasteiger partial charge in [0.15, 0.2) is 11.5 Å². The Morgan fingerprint density at radius 2 is 1.83 bits per heavy atom. The predicted octanol–water partition coefficient (Wildman–Crippen LogP) is 3.35. The van der Waals surface area contributed by atoms with E-state index in [1.165, 1.54) is 0 Å². The van der Waals surface area contributed by atoms with E-state index in [2.05, 4.69) is 48.4 Å². The molecule has 1 N–H and O–H groups in total. The van der Waals surface area contributed by atoms with Gasteiger partial charge in [-0.15, -0.1) is 0 Å².